The number of carbonyl (C=O) groups is 3. The Morgan fingerprint density at radius 3 is 2.20 bits per heavy atom. The van der Waals surface area contributed by atoms with Crippen molar-refractivity contribution < 1.29 is 19.1 Å². The molecule has 0 unspecified atom stereocenters. The first kappa shape index (κ1) is 19.0. The van der Waals surface area contributed by atoms with Gasteiger partial charge in [0.2, 0.25) is 5.91 Å². The number of hydrogen-bond acceptors (Lipinski definition) is 4. The Kier molecular flexibility index (Phi) is 6.56. The van der Waals surface area contributed by atoms with Crippen LogP contribution in [0.4, 0.5) is 0 Å². The number of carbonyl (C=O) groups excluding carboxylic acids is 3. The average molecular weight is 380 g/mol. The smallest absolute Gasteiger partial charge is 0.338 e. The third kappa shape index (κ3) is 5.59. The third-order valence-corrected chi connectivity index (χ3v) is 4.05. The molecule has 0 aliphatic rings. The molecule has 130 valence electrons. The van der Waals surface area contributed by atoms with Gasteiger partial charge in [-0.3, -0.25) is 9.59 Å². The van der Waals surface area contributed by atoms with E-state index in [4.69, 9.17) is 27.9 Å². The number of Topliss-reactive ketones (excluding diaryl/α,β-unsaturated/α-hetero) is 1. The Morgan fingerprint density at radius 2 is 1.60 bits per heavy atom. The quantitative estimate of drug-likeness (QED) is 0.613. The number of ether oxygens (including phenoxy) is 1. The van der Waals surface area contributed by atoms with Crippen LogP contribution in [0.5, 0.6) is 0 Å². The molecule has 0 spiro atoms. The summed E-state index contributed by atoms with van der Waals surface area (Å²) in [7, 11) is 0. The number of esters is 1. The number of ketones is 1. The van der Waals surface area contributed by atoms with Crippen LogP contribution in [0.3, 0.4) is 0 Å². The summed E-state index contributed by atoms with van der Waals surface area (Å²) < 4.78 is 5.00. The van der Waals surface area contributed by atoms with Gasteiger partial charge in [0.1, 0.15) is 0 Å². The van der Waals surface area contributed by atoms with Gasteiger partial charge in [0.05, 0.1) is 15.6 Å². The molecule has 0 radical (unpaired) electrons. The highest BCUT2D eigenvalue weighted by Gasteiger charge is 2.13. The van der Waals surface area contributed by atoms with Crippen molar-refractivity contribution in [3.63, 3.8) is 0 Å². The normalized spacial score (nSPS) is 10.2. The molecule has 1 N–H and O–H groups in total. The van der Waals surface area contributed by atoms with E-state index in [9.17, 15) is 14.4 Å². The maximum Gasteiger partial charge on any atom is 0.338 e. The van der Waals surface area contributed by atoms with Gasteiger partial charge in [-0.15, -0.1) is 0 Å². The maximum absolute atomic E-state index is 12.1. The van der Waals surface area contributed by atoms with Gasteiger partial charge in [-0.2, -0.15) is 0 Å². The summed E-state index contributed by atoms with van der Waals surface area (Å²) in [5.41, 5.74) is 1.49. The molecule has 2 rings (SSSR count). The zero-order valence-electron chi connectivity index (χ0n) is 13.3. The van der Waals surface area contributed by atoms with Crippen molar-refractivity contribution in [1.29, 1.82) is 0 Å². The van der Waals surface area contributed by atoms with E-state index in [0.717, 1.165) is 5.56 Å². The Balaban J connectivity index is 1.92. The van der Waals surface area contributed by atoms with E-state index in [1.165, 1.54) is 25.1 Å². The fourth-order valence-electron chi connectivity index (χ4n) is 1.96. The van der Waals surface area contributed by atoms with Gasteiger partial charge in [-0.25, -0.2) is 4.79 Å². The van der Waals surface area contributed by atoms with Crippen LogP contribution in [0.25, 0.3) is 0 Å². The van der Waals surface area contributed by atoms with Crippen LogP contribution in [0, 0.1) is 0 Å². The topological polar surface area (TPSA) is 72.5 Å². The first-order valence-corrected chi connectivity index (χ1v) is 8.11. The minimum absolute atomic E-state index is 0.130. The number of amides is 1. The minimum atomic E-state index is -0.658. The molecule has 0 aliphatic carbocycles. The second-order valence-corrected chi connectivity index (χ2v) is 6.05. The first-order valence-electron chi connectivity index (χ1n) is 7.35. The fraction of sp³-hybridized carbons (Fsp3) is 0.167. The van der Waals surface area contributed by atoms with Crippen LogP contribution >= 0.6 is 23.2 Å². The molecule has 2 aromatic carbocycles. The zero-order chi connectivity index (χ0) is 18.4. The maximum atomic E-state index is 12.1. The highest BCUT2D eigenvalue weighted by molar-refractivity contribution is 6.42. The van der Waals surface area contributed by atoms with Gasteiger partial charge in [-0.1, -0.05) is 47.5 Å². The summed E-state index contributed by atoms with van der Waals surface area (Å²) in [6.45, 7) is 1.43. The van der Waals surface area contributed by atoms with Crippen molar-refractivity contribution in [1.82, 2.24) is 5.32 Å². The standard InChI is InChI=1S/C18H15Cl2NO4/c1-11(22)21-9-12-2-4-13(5-3-12)17(23)10-25-18(24)14-6-7-15(19)16(20)8-14/h2-8H,9-10H2,1H3,(H,21,22). The highest BCUT2D eigenvalue weighted by Crippen LogP contribution is 2.22. The second-order valence-electron chi connectivity index (χ2n) is 5.23. The summed E-state index contributed by atoms with van der Waals surface area (Å²) in [6, 6.07) is 11.0. The summed E-state index contributed by atoms with van der Waals surface area (Å²) in [6.07, 6.45) is 0. The largest absolute Gasteiger partial charge is 0.454 e. The highest BCUT2D eigenvalue weighted by atomic mass is 35.5. The number of benzene rings is 2. The molecule has 2 aromatic rings. The average Bonchev–Trinajstić information content (AvgIpc) is 2.60. The molecule has 1 amide bonds. The lowest BCUT2D eigenvalue weighted by atomic mass is 10.1. The summed E-state index contributed by atoms with van der Waals surface area (Å²) in [4.78, 5) is 34.9. The molecule has 0 aromatic heterocycles. The number of nitrogens with one attached hydrogen (secondary N) is 1. The van der Waals surface area contributed by atoms with E-state index in [1.54, 1.807) is 24.3 Å². The predicted octanol–water partition coefficient (Wildman–Crippen LogP) is 3.67. The third-order valence-electron chi connectivity index (χ3n) is 3.31. The van der Waals surface area contributed by atoms with E-state index in [0.29, 0.717) is 17.1 Å². The lowest BCUT2D eigenvalue weighted by molar-refractivity contribution is -0.119. The monoisotopic (exact) mass is 379 g/mol. The Labute approximate surface area is 154 Å². The van der Waals surface area contributed by atoms with Crippen LogP contribution in [0.1, 0.15) is 33.2 Å². The van der Waals surface area contributed by atoms with Crippen molar-refractivity contribution in [3.8, 4) is 0 Å². The molecule has 25 heavy (non-hydrogen) atoms. The van der Waals surface area contributed by atoms with E-state index in [2.05, 4.69) is 5.32 Å². The molecule has 5 nitrogen and oxygen atoms in total. The van der Waals surface area contributed by atoms with Gasteiger partial charge < -0.3 is 10.1 Å². The van der Waals surface area contributed by atoms with E-state index >= 15 is 0 Å². The fourth-order valence-corrected chi connectivity index (χ4v) is 2.25. The number of rotatable bonds is 6. The van der Waals surface area contributed by atoms with Gasteiger partial charge in [-0.05, 0) is 23.8 Å². The van der Waals surface area contributed by atoms with E-state index in [-0.39, 0.29) is 28.9 Å². The molecule has 0 saturated carbocycles. The Bertz CT molecular complexity index is 803. The Hall–Kier alpha value is -2.37. The summed E-state index contributed by atoms with van der Waals surface area (Å²) >= 11 is 11.6. The molecule has 0 aliphatic heterocycles. The predicted molar refractivity (Wildman–Crippen MR) is 95.0 cm³/mol. The molecular weight excluding hydrogens is 365 g/mol. The molecule has 0 atom stereocenters. The van der Waals surface area contributed by atoms with Crippen molar-refractivity contribution in [3.05, 3.63) is 69.2 Å². The van der Waals surface area contributed by atoms with Crippen molar-refractivity contribution in [2.75, 3.05) is 6.61 Å². The van der Waals surface area contributed by atoms with Crippen LogP contribution in [0.2, 0.25) is 10.0 Å². The molecule has 0 fully saturated rings. The molecular formula is C18H15Cl2NO4. The summed E-state index contributed by atoms with van der Waals surface area (Å²) in [5.74, 6) is -1.12. The SMILES string of the molecule is CC(=O)NCc1ccc(C(=O)COC(=O)c2ccc(Cl)c(Cl)c2)cc1. The molecule has 7 heteroatoms. The zero-order valence-corrected chi connectivity index (χ0v) is 14.9. The van der Waals surface area contributed by atoms with E-state index < -0.39 is 5.97 Å². The first-order chi connectivity index (χ1) is 11.9. The van der Waals surface area contributed by atoms with E-state index in [1.807, 2.05) is 0 Å². The van der Waals surface area contributed by atoms with Crippen molar-refractivity contribution in [2.24, 2.45) is 0 Å². The van der Waals surface area contributed by atoms with Crippen molar-refractivity contribution >= 4 is 40.9 Å². The van der Waals surface area contributed by atoms with Gasteiger partial charge in [0.15, 0.2) is 12.4 Å². The van der Waals surface area contributed by atoms with Crippen LogP contribution in [-0.2, 0) is 16.1 Å². The van der Waals surface area contributed by atoms with Crippen molar-refractivity contribution in [2.45, 2.75) is 13.5 Å². The molecule has 0 heterocycles. The molecule has 0 bridgehead atoms. The Morgan fingerprint density at radius 1 is 0.960 bits per heavy atom. The summed E-state index contributed by atoms with van der Waals surface area (Å²) in [5, 5.41) is 3.22. The van der Waals surface area contributed by atoms with Gasteiger partial charge >= 0.3 is 5.97 Å². The lowest BCUT2D eigenvalue weighted by Gasteiger charge is -2.07. The minimum Gasteiger partial charge on any atom is -0.454 e. The second kappa shape index (κ2) is 8.65. The van der Waals surface area contributed by atoms with Crippen LogP contribution in [-0.4, -0.2) is 24.3 Å². The van der Waals surface area contributed by atoms with Gasteiger partial charge in [0, 0.05) is 19.0 Å². The number of hydrogen-bond donors (Lipinski definition) is 1. The van der Waals surface area contributed by atoms with Crippen LogP contribution < -0.4 is 5.32 Å². The number of halogens is 2. The lowest BCUT2D eigenvalue weighted by Crippen LogP contribution is -2.19. The van der Waals surface area contributed by atoms with Crippen LogP contribution in [0.15, 0.2) is 42.5 Å². The molecule has 0 saturated heterocycles. The van der Waals surface area contributed by atoms with Gasteiger partial charge in [0.25, 0.3) is 0 Å².